The number of carbonyl (C=O) groups excluding carboxylic acids is 1. The summed E-state index contributed by atoms with van der Waals surface area (Å²) >= 11 is 6.18. The number of nitrogens with one attached hydrogen (secondary N) is 1. The lowest BCUT2D eigenvalue weighted by Crippen LogP contribution is -2.27. The largest absolute Gasteiger partial charge is 0.355 e. The predicted octanol–water partition coefficient (Wildman–Crippen LogP) is 4.01. The standard InChI is InChI=1S/C20H20ClN5O/c1-2-22-20-23-11-13(12-24-20)18-10-16(19(27)26-7-3-4-8-26)15-9-14(21)5-6-17(15)25-18/h5-6,9-12H,2-4,7-8H2,1H3,(H,22,23,24). The van der Waals surface area contributed by atoms with Crippen LogP contribution >= 0.6 is 11.6 Å². The number of benzene rings is 1. The Bertz CT molecular complexity index is 984. The Labute approximate surface area is 162 Å². The van der Waals surface area contributed by atoms with Gasteiger partial charge >= 0.3 is 0 Å². The van der Waals surface area contributed by atoms with Crippen molar-refractivity contribution >= 4 is 34.4 Å². The van der Waals surface area contributed by atoms with Gasteiger partial charge in [-0.05, 0) is 44.0 Å². The molecule has 0 aliphatic carbocycles. The first kappa shape index (κ1) is 17.7. The lowest BCUT2D eigenvalue weighted by atomic mass is 10.0. The Morgan fingerprint density at radius 2 is 1.93 bits per heavy atom. The van der Waals surface area contributed by atoms with Crippen molar-refractivity contribution in [3.8, 4) is 11.3 Å². The first-order valence-electron chi connectivity index (χ1n) is 9.11. The van der Waals surface area contributed by atoms with Crippen LogP contribution < -0.4 is 5.32 Å². The lowest BCUT2D eigenvalue weighted by Gasteiger charge is -2.17. The fraction of sp³-hybridized carbons (Fsp3) is 0.300. The first-order valence-corrected chi connectivity index (χ1v) is 9.49. The maximum atomic E-state index is 13.1. The zero-order valence-corrected chi connectivity index (χ0v) is 15.8. The number of anilines is 1. The molecule has 0 saturated carbocycles. The van der Waals surface area contributed by atoms with Crippen molar-refractivity contribution in [2.24, 2.45) is 0 Å². The topological polar surface area (TPSA) is 71.0 Å². The molecular formula is C20H20ClN5O. The zero-order chi connectivity index (χ0) is 18.8. The Morgan fingerprint density at radius 3 is 2.63 bits per heavy atom. The third-order valence-corrected chi connectivity index (χ3v) is 4.91. The third kappa shape index (κ3) is 3.57. The summed E-state index contributed by atoms with van der Waals surface area (Å²) in [6, 6.07) is 7.26. The van der Waals surface area contributed by atoms with E-state index in [1.165, 1.54) is 0 Å². The maximum absolute atomic E-state index is 13.1. The number of aromatic nitrogens is 3. The summed E-state index contributed by atoms with van der Waals surface area (Å²) in [5.41, 5.74) is 2.80. The lowest BCUT2D eigenvalue weighted by molar-refractivity contribution is 0.0794. The fourth-order valence-electron chi connectivity index (χ4n) is 3.32. The van der Waals surface area contributed by atoms with E-state index in [1.54, 1.807) is 18.5 Å². The summed E-state index contributed by atoms with van der Waals surface area (Å²) in [7, 11) is 0. The van der Waals surface area contributed by atoms with Gasteiger partial charge in [0.25, 0.3) is 5.91 Å². The Hall–Kier alpha value is -2.73. The molecule has 3 aromatic rings. The van der Waals surface area contributed by atoms with E-state index in [0.717, 1.165) is 48.9 Å². The SMILES string of the molecule is CCNc1ncc(-c2cc(C(=O)N3CCCC3)c3cc(Cl)ccc3n2)cn1. The average molecular weight is 382 g/mol. The van der Waals surface area contributed by atoms with Crippen molar-refractivity contribution in [3.63, 3.8) is 0 Å². The number of halogens is 1. The quantitative estimate of drug-likeness (QED) is 0.739. The molecule has 4 rings (SSSR count). The minimum absolute atomic E-state index is 0.0219. The molecule has 1 aliphatic heterocycles. The molecule has 1 N–H and O–H groups in total. The van der Waals surface area contributed by atoms with Gasteiger partial charge in [0.15, 0.2) is 0 Å². The second-order valence-corrected chi connectivity index (χ2v) is 6.98. The number of hydrogen-bond acceptors (Lipinski definition) is 5. The van der Waals surface area contributed by atoms with E-state index in [2.05, 4.69) is 15.3 Å². The number of likely N-dealkylation sites (tertiary alicyclic amines) is 1. The van der Waals surface area contributed by atoms with E-state index in [-0.39, 0.29) is 5.91 Å². The van der Waals surface area contributed by atoms with Gasteiger partial charge in [-0.25, -0.2) is 15.0 Å². The van der Waals surface area contributed by atoms with Gasteiger partial charge in [-0.2, -0.15) is 0 Å². The number of carbonyl (C=O) groups is 1. The highest BCUT2D eigenvalue weighted by Gasteiger charge is 2.22. The monoisotopic (exact) mass is 381 g/mol. The van der Waals surface area contributed by atoms with Crippen molar-refractivity contribution in [3.05, 3.63) is 47.2 Å². The van der Waals surface area contributed by atoms with E-state index in [1.807, 2.05) is 30.0 Å². The van der Waals surface area contributed by atoms with E-state index in [0.29, 0.717) is 22.2 Å². The molecule has 0 spiro atoms. The summed E-state index contributed by atoms with van der Waals surface area (Å²) in [6.45, 7) is 4.32. The Morgan fingerprint density at radius 1 is 1.19 bits per heavy atom. The predicted molar refractivity (Wildman–Crippen MR) is 107 cm³/mol. The van der Waals surface area contributed by atoms with E-state index < -0.39 is 0 Å². The summed E-state index contributed by atoms with van der Waals surface area (Å²) in [4.78, 5) is 28.3. The molecule has 0 atom stereocenters. The minimum Gasteiger partial charge on any atom is -0.355 e. The van der Waals surface area contributed by atoms with Crippen molar-refractivity contribution in [2.75, 3.05) is 25.0 Å². The fourth-order valence-corrected chi connectivity index (χ4v) is 3.50. The molecule has 3 heterocycles. The highest BCUT2D eigenvalue weighted by atomic mass is 35.5. The smallest absolute Gasteiger partial charge is 0.254 e. The molecule has 0 radical (unpaired) electrons. The van der Waals surface area contributed by atoms with Gasteiger partial charge in [0, 0.05) is 48.0 Å². The van der Waals surface area contributed by atoms with Gasteiger partial charge < -0.3 is 10.2 Å². The van der Waals surface area contributed by atoms with Gasteiger partial charge in [-0.3, -0.25) is 4.79 Å². The summed E-state index contributed by atoms with van der Waals surface area (Å²) in [5, 5.41) is 4.43. The number of hydrogen-bond donors (Lipinski definition) is 1. The van der Waals surface area contributed by atoms with E-state index in [9.17, 15) is 4.79 Å². The van der Waals surface area contributed by atoms with Crippen LogP contribution in [0.5, 0.6) is 0 Å². The van der Waals surface area contributed by atoms with Crippen LogP contribution in [0.1, 0.15) is 30.1 Å². The van der Waals surface area contributed by atoms with Gasteiger partial charge in [0.2, 0.25) is 5.95 Å². The molecule has 1 saturated heterocycles. The highest BCUT2D eigenvalue weighted by molar-refractivity contribution is 6.31. The second kappa shape index (κ2) is 7.48. The minimum atomic E-state index is 0.0219. The van der Waals surface area contributed by atoms with Crippen LogP contribution in [-0.2, 0) is 0 Å². The molecule has 2 aromatic heterocycles. The average Bonchev–Trinajstić information content (AvgIpc) is 3.22. The Balaban J connectivity index is 1.82. The van der Waals surface area contributed by atoms with E-state index >= 15 is 0 Å². The van der Waals surface area contributed by atoms with Gasteiger partial charge in [0.1, 0.15) is 0 Å². The van der Waals surface area contributed by atoms with Crippen molar-refractivity contribution < 1.29 is 4.79 Å². The number of rotatable bonds is 4. The van der Waals surface area contributed by atoms with Crippen LogP contribution in [-0.4, -0.2) is 45.4 Å². The van der Waals surface area contributed by atoms with Crippen LogP contribution in [0, 0.1) is 0 Å². The van der Waals surface area contributed by atoms with Gasteiger partial charge in [0.05, 0.1) is 16.8 Å². The number of fused-ring (bicyclic) bond motifs is 1. The molecule has 0 bridgehead atoms. The van der Waals surface area contributed by atoms with Crippen LogP contribution in [0.25, 0.3) is 22.2 Å². The van der Waals surface area contributed by atoms with Crippen molar-refractivity contribution in [1.82, 2.24) is 19.9 Å². The molecule has 1 fully saturated rings. The van der Waals surface area contributed by atoms with Crippen molar-refractivity contribution in [2.45, 2.75) is 19.8 Å². The molecule has 1 aliphatic rings. The zero-order valence-electron chi connectivity index (χ0n) is 15.1. The van der Waals surface area contributed by atoms with Crippen LogP contribution in [0.4, 0.5) is 5.95 Å². The van der Waals surface area contributed by atoms with Crippen molar-refractivity contribution in [1.29, 1.82) is 0 Å². The summed E-state index contributed by atoms with van der Waals surface area (Å²) in [6.07, 6.45) is 5.53. The molecule has 7 heteroatoms. The van der Waals surface area contributed by atoms with Crippen LogP contribution in [0.15, 0.2) is 36.7 Å². The molecule has 0 unspecified atom stereocenters. The highest BCUT2D eigenvalue weighted by Crippen LogP contribution is 2.28. The molecule has 1 aromatic carbocycles. The normalized spacial score (nSPS) is 13.9. The summed E-state index contributed by atoms with van der Waals surface area (Å²) < 4.78 is 0. The number of pyridine rings is 1. The first-order chi connectivity index (χ1) is 13.2. The van der Waals surface area contributed by atoms with Crippen LogP contribution in [0.2, 0.25) is 5.02 Å². The van der Waals surface area contributed by atoms with E-state index in [4.69, 9.17) is 16.6 Å². The molecule has 6 nitrogen and oxygen atoms in total. The molecule has 1 amide bonds. The molecular weight excluding hydrogens is 362 g/mol. The molecule has 138 valence electrons. The Kier molecular flexibility index (Phi) is 4.90. The second-order valence-electron chi connectivity index (χ2n) is 6.54. The van der Waals surface area contributed by atoms with Gasteiger partial charge in [-0.1, -0.05) is 11.6 Å². The number of amides is 1. The van der Waals surface area contributed by atoms with Gasteiger partial charge in [-0.15, -0.1) is 0 Å². The maximum Gasteiger partial charge on any atom is 0.254 e. The number of nitrogens with zero attached hydrogens (tertiary/aromatic N) is 4. The van der Waals surface area contributed by atoms with Crippen LogP contribution in [0.3, 0.4) is 0 Å². The molecule has 27 heavy (non-hydrogen) atoms. The third-order valence-electron chi connectivity index (χ3n) is 4.68. The summed E-state index contributed by atoms with van der Waals surface area (Å²) in [5.74, 6) is 0.593.